The molecule has 0 aliphatic heterocycles. The number of carbonyl (C=O) groups is 1. The van der Waals surface area contributed by atoms with E-state index in [1.54, 1.807) is 12.1 Å². The van der Waals surface area contributed by atoms with Crippen molar-refractivity contribution in [1.29, 1.82) is 0 Å². The predicted molar refractivity (Wildman–Crippen MR) is 72.9 cm³/mol. The van der Waals surface area contributed by atoms with Gasteiger partial charge in [0.2, 0.25) is 0 Å². The first-order chi connectivity index (χ1) is 9.11. The van der Waals surface area contributed by atoms with E-state index in [2.05, 4.69) is 12.2 Å². The molecule has 0 unspecified atom stereocenters. The van der Waals surface area contributed by atoms with Crippen LogP contribution in [0, 0.1) is 0 Å². The quantitative estimate of drug-likeness (QED) is 0.769. The maximum Gasteiger partial charge on any atom is 0.251 e. The monoisotopic (exact) mass is 263 g/mol. The van der Waals surface area contributed by atoms with E-state index in [9.17, 15) is 15.0 Å². The SMILES string of the molecule is CCc1ccc(C(=O)N[C@@H]2CCC[C@@H](O)[C@@H]2O)cc1. The maximum atomic E-state index is 12.1. The Morgan fingerprint density at radius 1 is 1.26 bits per heavy atom. The summed E-state index contributed by atoms with van der Waals surface area (Å²) in [6.07, 6.45) is 1.46. The first kappa shape index (κ1) is 14.0. The van der Waals surface area contributed by atoms with E-state index in [0.717, 1.165) is 12.8 Å². The first-order valence-electron chi connectivity index (χ1n) is 6.87. The van der Waals surface area contributed by atoms with Crippen LogP contribution < -0.4 is 5.32 Å². The molecule has 104 valence electrons. The van der Waals surface area contributed by atoms with Crippen LogP contribution in [0.25, 0.3) is 0 Å². The number of aliphatic hydroxyl groups is 2. The van der Waals surface area contributed by atoms with E-state index in [-0.39, 0.29) is 11.9 Å². The number of benzene rings is 1. The highest BCUT2D eigenvalue weighted by Crippen LogP contribution is 2.19. The van der Waals surface area contributed by atoms with Crippen molar-refractivity contribution in [2.45, 2.75) is 50.9 Å². The van der Waals surface area contributed by atoms with Gasteiger partial charge in [-0.15, -0.1) is 0 Å². The van der Waals surface area contributed by atoms with Gasteiger partial charge >= 0.3 is 0 Å². The Morgan fingerprint density at radius 2 is 1.95 bits per heavy atom. The second-order valence-electron chi connectivity index (χ2n) is 5.12. The zero-order chi connectivity index (χ0) is 13.8. The minimum atomic E-state index is -0.868. The Labute approximate surface area is 113 Å². The molecule has 0 heterocycles. The van der Waals surface area contributed by atoms with Gasteiger partial charge in [-0.25, -0.2) is 0 Å². The van der Waals surface area contributed by atoms with E-state index < -0.39 is 12.2 Å². The predicted octanol–water partition coefficient (Wildman–Crippen LogP) is 1.25. The van der Waals surface area contributed by atoms with Crippen LogP contribution in [0.5, 0.6) is 0 Å². The van der Waals surface area contributed by atoms with Crippen molar-refractivity contribution in [1.82, 2.24) is 5.32 Å². The highest BCUT2D eigenvalue weighted by molar-refractivity contribution is 5.94. The Bertz CT molecular complexity index is 430. The number of hydrogen-bond acceptors (Lipinski definition) is 3. The molecule has 19 heavy (non-hydrogen) atoms. The van der Waals surface area contributed by atoms with Crippen LogP contribution in [0.3, 0.4) is 0 Å². The van der Waals surface area contributed by atoms with Crippen molar-refractivity contribution >= 4 is 5.91 Å². The average molecular weight is 263 g/mol. The molecule has 2 rings (SSSR count). The fraction of sp³-hybridized carbons (Fsp3) is 0.533. The van der Waals surface area contributed by atoms with Crippen LogP contribution in [0.2, 0.25) is 0 Å². The van der Waals surface area contributed by atoms with E-state index in [1.807, 2.05) is 12.1 Å². The van der Waals surface area contributed by atoms with Crippen LogP contribution in [0.15, 0.2) is 24.3 Å². The second-order valence-corrected chi connectivity index (χ2v) is 5.12. The van der Waals surface area contributed by atoms with Crippen molar-refractivity contribution in [2.24, 2.45) is 0 Å². The topological polar surface area (TPSA) is 69.6 Å². The number of hydrogen-bond donors (Lipinski definition) is 3. The third-order valence-electron chi connectivity index (χ3n) is 3.76. The van der Waals surface area contributed by atoms with Gasteiger partial charge in [-0.05, 0) is 43.4 Å². The summed E-state index contributed by atoms with van der Waals surface area (Å²) in [4.78, 5) is 12.1. The molecule has 0 spiro atoms. The van der Waals surface area contributed by atoms with Crippen molar-refractivity contribution in [3.05, 3.63) is 35.4 Å². The van der Waals surface area contributed by atoms with Gasteiger partial charge in [0.25, 0.3) is 5.91 Å². The van der Waals surface area contributed by atoms with Gasteiger partial charge in [0.1, 0.15) is 0 Å². The van der Waals surface area contributed by atoms with Crippen molar-refractivity contribution in [3.8, 4) is 0 Å². The number of amides is 1. The Morgan fingerprint density at radius 3 is 2.58 bits per heavy atom. The van der Waals surface area contributed by atoms with Crippen molar-refractivity contribution in [3.63, 3.8) is 0 Å². The summed E-state index contributed by atoms with van der Waals surface area (Å²) in [5, 5.41) is 22.3. The molecule has 1 aromatic rings. The fourth-order valence-corrected chi connectivity index (χ4v) is 2.46. The fourth-order valence-electron chi connectivity index (χ4n) is 2.46. The van der Waals surface area contributed by atoms with Crippen LogP contribution in [0.4, 0.5) is 0 Å². The van der Waals surface area contributed by atoms with Gasteiger partial charge in [0, 0.05) is 5.56 Å². The van der Waals surface area contributed by atoms with E-state index in [1.165, 1.54) is 5.56 Å². The van der Waals surface area contributed by atoms with E-state index in [0.29, 0.717) is 18.4 Å². The minimum absolute atomic E-state index is 0.194. The lowest BCUT2D eigenvalue weighted by molar-refractivity contribution is -0.0277. The van der Waals surface area contributed by atoms with Gasteiger partial charge in [-0.2, -0.15) is 0 Å². The molecule has 0 aromatic heterocycles. The highest BCUT2D eigenvalue weighted by Gasteiger charge is 2.31. The lowest BCUT2D eigenvalue weighted by atomic mass is 9.90. The molecule has 3 atom stereocenters. The zero-order valence-electron chi connectivity index (χ0n) is 11.2. The molecule has 0 bridgehead atoms. The molecule has 1 aromatic carbocycles. The largest absolute Gasteiger partial charge is 0.390 e. The number of carbonyl (C=O) groups excluding carboxylic acids is 1. The smallest absolute Gasteiger partial charge is 0.251 e. The third kappa shape index (κ3) is 3.33. The molecule has 1 fully saturated rings. The minimum Gasteiger partial charge on any atom is -0.390 e. The zero-order valence-corrected chi connectivity index (χ0v) is 11.2. The second kappa shape index (κ2) is 6.17. The van der Waals surface area contributed by atoms with E-state index >= 15 is 0 Å². The summed E-state index contributed by atoms with van der Waals surface area (Å²) >= 11 is 0. The summed E-state index contributed by atoms with van der Waals surface area (Å²) in [5.74, 6) is -0.194. The maximum absolute atomic E-state index is 12.1. The summed E-state index contributed by atoms with van der Waals surface area (Å²) in [6, 6.07) is 7.09. The van der Waals surface area contributed by atoms with Gasteiger partial charge in [0.05, 0.1) is 18.2 Å². The molecule has 1 amide bonds. The number of aryl methyl sites for hydroxylation is 1. The summed E-state index contributed by atoms with van der Waals surface area (Å²) in [6.45, 7) is 2.06. The average Bonchev–Trinajstić information content (AvgIpc) is 2.44. The van der Waals surface area contributed by atoms with Gasteiger partial charge < -0.3 is 15.5 Å². The Kier molecular flexibility index (Phi) is 4.56. The summed E-state index contributed by atoms with van der Waals surface area (Å²) in [7, 11) is 0. The highest BCUT2D eigenvalue weighted by atomic mass is 16.3. The van der Waals surface area contributed by atoms with Gasteiger partial charge in [-0.1, -0.05) is 19.1 Å². The lowest BCUT2D eigenvalue weighted by Gasteiger charge is -2.32. The molecule has 4 nitrogen and oxygen atoms in total. The van der Waals surface area contributed by atoms with Crippen LogP contribution in [-0.2, 0) is 6.42 Å². The normalized spacial score (nSPS) is 27.0. The Hall–Kier alpha value is -1.39. The van der Waals surface area contributed by atoms with E-state index in [4.69, 9.17) is 0 Å². The van der Waals surface area contributed by atoms with Crippen LogP contribution in [-0.4, -0.2) is 34.4 Å². The molecule has 1 aliphatic carbocycles. The summed E-state index contributed by atoms with van der Waals surface area (Å²) < 4.78 is 0. The molecule has 3 N–H and O–H groups in total. The summed E-state index contributed by atoms with van der Waals surface area (Å²) in [5.41, 5.74) is 1.77. The Balaban J connectivity index is 1.99. The number of aliphatic hydroxyl groups excluding tert-OH is 2. The van der Waals surface area contributed by atoms with Crippen molar-refractivity contribution < 1.29 is 15.0 Å². The molecule has 0 radical (unpaired) electrons. The van der Waals surface area contributed by atoms with Crippen LogP contribution in [0.1, 0.15) is 42.1 Å². The molecular formula is C15H21NO3. The first-order valence-corrected chi connectivity index (χ1v) is 6.87. The number of nitrogens with one attached hydrogen (secondary N) is 1. The molecular weight excluding hydrogens is 242 g/mol. The molecule has 4 heteroatoms. The molecule has 0 saturated heterocycles. The standard InChI is InChI=1S/C15H21NO3/c1-2-10-6-8-11(9-7-10)15(19)16-12-4-3-5-13(17)14(12)18/h6-9,12-14,17-18H,2-5H2,1H3,(H,16,19)/t12-,13-,14-/m1/s1. The lowest BCUT2D eigenvalue weighted by Crippen LogP contribution is -2.51. The van der Waals surface area contributed by atoms with Gasteiger partial charge in [-0.3, -0.25) is 4.79 Å². The van der Waals surface area contributed by atoms with Crippen molar-refractivity contribution in [2.75, 3.05) is 0 Å². The van der Waals surface area contributed by atoms with Gasteiger partial charge in [0.15, 0.2) is 0 Å². The number of rotatable bonds is 3. The molecule has 1 saturated carbocycles. The van der Waals surface area contributed by atoms with Crippen LogP contribution >= 0.6 is 0 Å². The molecule has 1 aliphatic rings. The third-order valence-corrected chi connectivity index (χ3v) is 3.76.